The van der Waals surface area contributed by atoms with Crippen LogP contribution in [0.1, 0.15) is 121 Å². The van der Waals surface area contributed by atoms with Crippen LogP contribution in [-0.4, -0.2) is 31.6 Å². The molecule has 0 saturated heterocycles. The average Bonchev–Trinajstić information content (AvgIpc) is 2.82. The minimum atomic E-state index is -0.329. The van der Waals surface area contributed by atoms with Crippen LogP contribution in [0.15, 0.2) is 24.3 Å². The molecule has 33 heavy (non-hydrogen) atoms. The third kappa shape index (κ3) is 16.4. The second kappa shape index (κ2) is 20.7. The summed E-state index contributed by atoms with van der Waals surface area (Å²) in [7, 11) is 0. The van der Waals surface area contributed by atoms with Gasteiger partial charge < -0.3 is 15.4 Å². The van der Waals surface area contributed by atoms with Gasteiger partial charge in [-0.3, -0.25) is 4.79 Å². The Morgan fingerprint density at radius 3 is 1.73 bits per heavy atom. The fourth-order valence-electron chi connectivity index (χ4n) is 3.82. The number of carbonyl (C=O) groups is 2. The number of hydrogen-bond acceptors (Lipinski definition) is 4. The Hall–Kier alpha value is -1.88. The normalized spacial score (nSPS) is 10.8. The van der Waals surface area contributed by atoms with Crippen molar-refractivity contribution in [1.29, 1.82) is 0 Å². The molecule has 0 spiro atoms. The van der Waals surface area contributed by atoms with E-state index in [1.165, 1.54) is 83.5 Å². The Morgan fingerprint density at radius 1 is 0.697 bits per heavy atom. The highest BCUT2D eigenvalue weighted by Gasteiger charge is 2.07. The molecule has 0 aromatic heterocycles. The number of carbonyl (C=O) groups excluding carboxylic acids is 2. The van der Waals surface area contributed by atoms with Crippen LogP contribution in [0.3, 0.4) is 0 Å². The van der Waals surface area contributed by atoms with Crippen LogP contribution < -0.4 is 10.6 Å². The predicted octanol–water partition coefficient (Wildman–Crippen LogP) is 7.26. The monoisotopic (exact) mass is 460 g/mol. The SMILES string of the molecule is CCCCCCCCCCCCCCCCNCC(=O)Nc1ccc(C(=O)OCCC)cc1. The van der Waals surface area contributed by atoms with Crippen LogP contribution in [0.5, 0.6) is 0 Å². The summed E-state index contributed by atoms with van der Waals surface area (Å²) in [5, 5.41) is 6.07. The number of rotatable bonds is 21. The lowest BCUT2D eigenvalue weighted by molar-refractivity contribution is -0.115. The van der Waals surface area contributed by atoms with Crippen molar-refractivity contribution in [2.24, 2.45) is 0 Å². The molecule has 0 aliphatic carbocycles. The molecule has 2 N–H and O–H groups in total. The van der Waals surface area contributed by atoms with E-state index in [9.17, 15) is 9.59 Å². The molecule has 0 radical (unpaired) electrons. The smallest absolute Gasteiger partial charge is 0.338 e. The summed E-state index contributed by atoms with van der Waals surface area (Å²) in [5.41, 5.74) is 1.18. The zero-order valence-corrected chi connectivity index (χ0v) is 21.3. The van der Waals surface area contributed by atoms with E-state index in [-0.39, 0.29) is 11.9 Å². The molecule has 5 heteroatoms. The van der Waals surface area contributed by atoms with E-state index in [4.69, 9.17) is 4.74 Å². The first kappa shape index (κ1) is 29.2. The maximum Gasteiger partial charge on any atom is 0.338 e. The zero-order chi connectivity index (χ0) is 24.0. The third-order valence-corrected chi connectivity index (χ3v) is 5.83. The summed E-state index contributed by atoms with van der Waals surface area (Å²) in [4.78, 5) is 23.8. The lowest BCUT2D eigenvalue weighted by Crippen LogP contribution is -2.28. The van der Waals surface area contributed by atoms with Crippen molar-refractivity contribution in [2.75, 3.05) is 25.0 Å². The van der Waals surface area contributed by atoms with Gasteiger partial charge in [0.15, 0.2) is 0 Å². The molecule has 1 aromatic carbocycles. The fraction of sp³-hybridized carbons (Fsp3) is 0.714. The quantitative estimate of drug-likeness (QED) is 0.150. The van der Waals surface area contributed by atoms with E-state index in [0.29, 0.717) is 24.4 Å². The fourth-order valence-corrected chi connectivity index (χ4v) is 3.82. The van der Waals surface area contributed by atoms with E-state index in [0.717, 1.165) is 19.4 Å². The number of nitrogens with one attached hydrogen (secondary N) is 2. The predicted molar refractivity (Wildman–Crippen MR) is 139 cm³/mol. The molecule has 1 aromatic rings. The third-order valence-electron chi connectivity index (χ3n) is 5.83. The second-order valence-corrected chi connectivity index (χ2v) is 9.03. The molecule has 0 fully saturated rings. The van der Waals surface area contributed by atoms with E-state index in [1.54, 1.807) is 24.3 Å². The molecule has 0 unspecified atom stereocenters. The first-order valence-corrected chi connectivity index (χ1v) is 13.4. The minimum Gasteiger partial charge on any atom is -0.462 e. The summed E-state index contributed by atoms with van der Waals surface area (Å²) < 4.78 is 5.10. The van der Waals surface area contributed by atoms with Crippen molar-refractivity contribution < 1.29 is 14.3 Å². The topological polar surface area (TPSA) is 67.4 Å². The summed E-state index contributed by atoms with van der Waals surface area (Å²) in [6.45, 7) is 5.82. The maximum absolute atomic E-state index is 12.1. The lowest BCUT2D eigenvalue weighted by atomic mass is 10.0. The Bertz CT molecular complexity index is 616. The van der Waals surface area contributed by atoms with Gasteiger partial charge in [-0.15, -0.1) is 0 Å². The van der Waals surface area contributed by atoms with Crippen LogP contribution in [0.2, 0.25) is 0 Å². The van der Waals surface area contributed by atoms with E-state index >= 15 is 0 Å². The van der Waals surface area contributed by atoms with Gasteiger partial charge in [0.2, 0.25) is 5.91 Å². The lowest BCUT2D eigenvalue weighted by Gasteiger charge is -2.08. The van der Waals surface area contributed by atoms with Crippen molar-refractivity contribution >= 4 is 17.6 Å². The number of esters is 1. The van der Waals surface area contributed by atoms with E-state index in [1.807, 2.05) is 6.92 Å². The van der Waals surface area contributed by atoms with Crippen molar-refractivity contribution in [3.8, 4) is 0 Å². The van der Waals surface area contributed by atoms with Gasteiger partial charge in [-0.1, -0.05) is 97.3 Å². The molecule has 1 rings (SSSR count). The molecule has 0 saturated carbocycles. The molecule has 188 valence electrons. The van der Waals surface area contributed by atoms with Crippen molar-refractivity contribution in [3.63, 3.8) is 0 Å². The van der Waals surface area contributed by atoms with Gasteiger partial charge in [-0.05, 0) is 43.7 Å². The molecular weight excluding hydrogens is 412 g/mol. The molecule has 0 aliphatic rings. The zero-order valence-electron chi connectivity index (χ0n) is 21.3. The van der Waals surface area contributed by atoms with Gasteiger partial charge in [0.25, 0.3) is 0 Å². The highest BCUT2D eigenvalue weighted by molar-refractivity contribution is 5.93. The summed E-state index contributed by atoms with van der Waals surface area (Å²) >= 11 is 0. The van der Waals surface area contributed by atoms with Gasteiger partial charge in [0.1, 0.15) is 0 Å². The highest BCUT2D eigenvalue weighted by Crippen LogP contribution is 2.13. The number of anilines is 1. The van der Waals surface area contributed by atoms with Crippen molar-refractivity contribution in [2.45, 2.75) is 110 Å². The van der Waals surface area contributed by atoms with Gasteiger partial charge in [-0.2, -0.15) is 0 Å². The molecule has 0 heterocycles. The summed E-state index contributed by atoms with van der Waals surface area (Å²) in [6.07, 6.45) is 19.7. The van der Waals surface area contributed by atoms with Crippen LogP contribution in [0.25, 0.3) is 0 Å². The number of unbranched alkanes of at least 4 members (excludes halogenated alkanes) is 13. The number of ether oxygens (including phenoxy) is 1. The number of hydrogen-bond donors (Lipinski definition) is 2. The van der Waals surface area contributed by atoms with E-state index < -0.39 is 0 Å². The van der Waals surface area contributed by atoms with Gasteiger partial charge in [-0.25, -0.2) is 4.79 Å². The average molecular weight is 461 g/mol. The standard InChI is InChI=1S/C28H48N2O3/c1-3-5-6-7-8-9-10-11-12-13-14-15-16-17-22-29-24-27(31)30-26-20-18-25(19-21-26)28(32)33-23-4-2/h18-21,29H,3-17,22-24H2,1-2H3,(H,30,31). The Balaban J connectivity index is 1.92. The molecule has 0 atom stereocenters. The largest absolute Gasteiger partial charge is 0.462 e. The van der Waals surface area contributed by atoms with Crippen molar-refractivity contribution in [3.05, 3.63) is 29.8 Å². The molecular formula is C28H48N2O3. The second-order valence-electron chi connectivity index (χ2n) is 9.03. The first-order valence-electron chi connectivity index (χ1n) is 13.4. The number of amides is 1. The Labute approximate surface area is 202 Å². The summed E-state index contributed by atoms with van der Waals surface area (Å²) in [6, 6.07) is 6.81. The van der Waals surface area contributed by atoms with Crippen LogP contribution >= 0.6 is 0 Å². The van der Waals surface area contributed by atoms with E-state index in [2.05, 4.69) is 17.6 Å². The Morgan fingerprint density at radius 2 is 1.21 bits per heavy atom. The van der Waals surface area contributed by atoms with Crippen LogP contribution in [-0.2, 0) is 9.53 Å². The maximum atomic E-state index is 12.1. The van der Waals surface area contributed by atoms with Crippen LogP contribution in [0.4, 0.5) is 5.69 Å². The van der Waals surface area contributed by atoms with Crippen LogP contribution in [0, 0.1) is 0 Å². The molecule has 1 amide bonds. The molecule has 0 aliphatic heterocycles. The summed E-state index contributed by atoms with van der Waals surface area (Å²) in [5.74, 6) is -0.397. The first-order chi connectivity index (χ1) is 16.2. The van der Waals surface area contributed by atoms with Crippen molar-refractivity contribution in [1.82, 2.24) is 5.32 Å². The molecule has 0 bridgehead atoms. The Kier molecular flexibility index (Phi) is 18.3. The molecule has 5 nitrogen and oxygen atoms in total. The number of benzene rings is 1. The van der Waals surface area contributed by atoms with Gasteiger partial charge >= 0.3 is 5.97 Å². The van der Waals surface area contributed by atoms with Gasteiger partial charge in [0.05, 0.1) is 18.7 Å². The van der Waals surface area contributed by atoms with Gasteiger partial charge in [0, 0.05) is 5.69 Å². The minimum absolute atomic E-state index is 0.0679. The highest BCUT2D eigenvalue weighted by atomic mass is 16.5.